The number of nitrogens with zero attached hydrogens (tertiary/aromatic N) is 3. The summed E-state index contributed by atoms with van der Waals surface area (Å²) in [7, 11) is 0. The number of hydrogen-bond acceptors (Lipinski definition) is 6. The Labute approximate surface area is 231 Å². The van der Waals surface area contributed by atoms with Crippen LogP contribution < -0.4 is 5.32 Å². The zero-order valence-corrected chi connectivity index (χ0v) is 22.6. The van der Waals surface area contributed by atoms with Crippen LogP contribution >= 0.6 is 22.7 Å². The molecule has 0 saturated carbocycles. The number of fused-ring (bicyclic) bond motifs is 1. The summed E-state index contributed by atoms with van der Waals surface area (Å²) in [5, 5.41) is 6.84. The van der Waals surface area contributed by atoms with E-state index in [4.69, 9.17) is 0 Å². The van der Waals surface area contributed by atoms with Crippen LogP contribution in [0.25, 0.3) is 21.2 Å². The second-order valence-electron chi connectivity index (χ2n) is 9.99. The van der Waals surface area contributed by atoms with Crippen molar-refractivity contribution in [2.75, 3.05) is 26.2 Å². The summed E-state index contributed by atoms with van der Waals surface area (Å²) in [5.74, 6) is -0.0312. The molecular formula is C28H25F3N4O2S2. The second-order valence-corrected chi connectivity index (χ2v) is 11.9. The minimum Gasteiger partial charge on any atom is -0.335 e. The van der Waals surface area contributed by atoms with Crippen LogP contribution in [0.2, 0.25) is 0 Å². The molecule has 11 heteroatoms. The van der Waals surface area contributed by atoms with Gasteiger partial charge in [0.05, 0.1) is 10.4 Å². The molecule has 2 fully saturated rings. The van der Waals surface area contributed by atoms with E-state index in [0.717, 1.165) is 39.8 Å². The van der Waals surface area contributed by atoms with Gasteiger partial charge in [0.15, 0.2) is 5.01 Å². The summed E-state index contributed by atoms with van der Waals surface area (Å²) >= 11 is 2.80. The summed E-state index contributed by atoms with van der Waals surface area (Å²) in [5.41, 5.74) is 1.71. The Kier molecular flexibility index (Phi) is 6.68. The van der Waals surface area contributed by atoms with E-state index in [1.807, 2.05) is 34.9 Å². The Morgan fingerprint density at radius 3 is 2.38 bits per heavy atom. The van der Waals surface area contributed by atoms with E-state index in [1.54, 1.807) is 11.6 Å². The Balaban J connectivity index is 1.08. The van der Waals surface area contributed by atoms with Crippen LogP contribution in [0.3, 0.4) is 0 Å². The Morgan fingerprint density at radius 2 is 1.69 bits per heavy atom. The van der Waals surface area contributed by atoms with Crippen molar-refractivity contribution in [3.63, 3.8) is 0 Å². The molecule has 4 heterocycles. The van der Waals surface area contributed by atoms with Gasteiger partial charge in [0.2, 0.25) is 0 Å². The van der Waals surface area contributed by atoms with Crippen LogP contribution in [-0.2, 0) is 6.18 Å². The predicted molar refractivity (Wildman–Crippen MR) is 146 cm³/mol. The summed E-state index contributed by atoms with van der Waals surface area (Å²) in [6, 6.07) is 11.3. The van der Waals surface area contributed by atoms with Crippen molar-refractivity contribution in [2.24, 2.45) is 0 Å². The van der Waals surface area contributed by atoms with Crippen molar-refractivity contribution < 1.29 is 22.8 Å². The number of likely N-dealkylation sites (tertiary alicyclic amines) is 2. The molecule has 6 rings (SSSR count). The largest absolute Gasteiger partial charge is 0.416 e. The highest BCUT2D eigenvalue weighted by Gasteiger charge is 2.36. The molecule has 202 valence electrons. The maximum absolute atomic E-state index is 13.3. The standard InChI is InChI=1S/C28H25F3N4O2S2/c1-16-22-12-18(17-2-5-19(6-3-17)28(29,30)31)4-7-23(22)39-24(16)26(36)35-14-21(15-35)33-20-8-10-34(13-20)27(37)25-32-9-11-38-25/h2-7,9,11-12,20-21,33H,8,10,13-15H2,1H3. The minimum atomic E-state index is -4.37. The van der Waals surface area contributed by atoms with E-state index in [-0.39, 0.29) is 23.9 Å². The number of thiophene rings is 1. The van der Waals surface area contributed by atoms with E-state index < -0.39 is 11.7 Å². The normalized spacial score (nSPS) is 18.1. The van der Waals surface area contributed by atoms with Crippen molar-refractivity contribution in [3.05, 3.63) is 75.1 Å². The lowest BCUT2D eigenvalue weighted by Crippen LogP contribution is -2.62. The first-order valence-corrected chi connectivity index (χ1v) is 14.3. The molecule has 2 amide bonds. The quantitative estimate of drug-likeness (QED) is 0.335. The first-order chi connectivity index (χ1) is 18.7. The Hall–Kier alpha value is -3.28. The third kappa shape index (κ3) is 5.06. The van der Waals surface area contributed by atoms with Crippen molar-refractivity contribution in [1.82, 2.24) is 20.1 Å². The molecule has 2 aliphatic rings. The zero-order valence-electron chi connectivity index (χ0n) is 21.0. The van der Waals surface area contributed by atoms with Crippen molar-refractivity contribution in [1.29, 1.82) is 0 Å². The molecule has 6 nitrogen and oxygen atoms in total. The molecule has 0 bridgehead atoms. The Morgan fingerprint density at radius 1 is 0.974 bits per heavy atom. The van der Waals surface area contributed by atoms with Gasteiger partial charge in [-0.1, -0.05) is 18.2 Å². The summed E-state index contributed by atoms with van der Waals surface area (Å²) < 4.78 is 39.7. The molecule has 2 aromatic carbocycles. The van der Waals surface area contributed by atoms with Gasteiger partial charge in [-0.2, -0.15) is 13.2 Å². The molecule has 39 heavy (non-hydrogen) atoms. The first-order valence-electron chi connectivity index (χ1n) is 12.6. The van der Waals surface area contributed by atoms with E-state index in [9.17, 15) is 22.8 Å². The zero-order chi connectivity index (χ0) is 27.3. The number of aryl methyl sites for hydroxylation is 1. The van der Waals surface area contributed by atoms with Crippen LogP contribution in [0.1, 0.15) is 37.0 Å². The molecular weight excluding hydrogens is 545 g/mol. The Bertz CT molecular complexity index is 1530. The van der Waals surface area contributed by atoms with Gasteiger partial charge >= 0.3 is 6.18 Å². The highest BCUT2D eigenvalue weighted by Crippen LogP contribution is 2.36. The van der Waals surface area contributed by atoms with Crippen LogP contribution in [0, 0.1) is 6.92 Å². The van der Waals surface area contributed by atoms with Crippen LogP contribution in [0.5, 0.6) is 0 Å². The van der Waals surface area contributed by atoms with Gasteiger partial charge in [0, 0.05) is 54.5 Å². The molecule has 0 spiro atoms. The fraction of sp³-hybridized carbons (Fsp3) is 0.321. The number of benzene rings is 2. The van der Waals surface area contributed by atoms with Gasteiger partial charge in [-0.3, -0.25) is 9.59 Å². The lowest BCUT2D eigenvalue weighted by Gasteiger charge is -2.41. The van der Waals surface area contributed by atoms with Crippen LogP contribution in [0.15, 0.2) is 54.0 Å². The number of thiazole rings is 1. The molecule has 4 aromatic rings. The van der Waals surface area contributed by atoms with Gasteiger partial charge < -0.3 is 15.1 Å². The maximum Gasteiger partial charge on any atom is 0.416 e. The molecule has 1 unspecified atom stereocenters. The predicted octanol–water partition coefficient (Wildman–Crippen LogP) is 5.68. The minimum absolute atomic E-state index is 0.00479. The second kappa shape index (κ2) is 10.0. The van der Waals surface area contributed by atoms with E-state index in [0.29, 0.717) is 41.6 Å². The van der Waals surface area contributed by atoms with E-state index in [2.05, 4.69) is 10.3 Å². The highest BCUT2D eigenvalue weighted by molar-refractivity contribution is 7.21. The van der Waals surface area contributed by atoms with Gasteiger partial charge in [0.1, 0.15) is 0 Å². The SMILES string of the molecule is Cc1c(C(=O)N2CC(NC3CCN(C(=O)c4nccs4)C3)C2)sc2ccc(-c3ccc(C(F)(F)F)cc3)cc12. The molecule has 2 aliphatic heterocycles. The number of nitrogens with one attached hydrogen (secondary N) is 1. The summed E-state index contributed by atoms with van der Waals surface area (Å²) in [4.78, 5) is 34.3. The van der Waals surface area contributed by atoms with Gasteiger partial charge in [-0.05, 0) is 59.7 Å². The molecule has 0 aliphatic carbocycles. The van der Waals surface area contributed by atoms with Gasteiger partial charge in [0.25, 0.3) is 11.8 Å². The average molecular weight is 571 g/mol. The van der Waals surface area contributed by atoms with Gasteiger partial charge in [-0.15, -0.1) is 22.7 Å². The average Bonchev–Trinajstić information content (AvgIpc) is 3.66. The van der Waals surface area contributed by atoms with E-state index >= 15 is 0 Å². The number of rotatable bonds is 5. The third-order valence-corrected chi connectivity index (χ3v) is 9.43. The van der Waals surface area contributed by atoms with Crippen LogP contribution in [0.4, 0.5) is 13.2 Å². The van der Waals surface area contributed by atoms with E-state index in [1.165, 1.54) is 34.8 Å². The fourth-order valence-electron chi connectivity index (χ4n) is 5.23. The molecule has 2 aromatic heterocycles. The molecule has 1 N–H and O–H groups in total. The number of hydrogen-bond donors (Lipinski definition) is 1. The lowest BCUT2D eigenvalue weighted by atomic mass is 10.0. The van der Waals surface area contributed by atoms with Crippen molar-refractivity contribution >= 4 is 44.6 Å². The fourth-order valence-corrected chi connectivity index (χ4v) is 6.99. The van der Waals surface area contributed by atoms with Crippen molar-refractivity contribution in [3.8, 4) is 11.1 Å². The molecule has 2 saturated heterocycles. The van der Waals surface area contributed by atoms with Gasteiger partial charge in [-0.25, -0.2) is 4.98 Å². The number of carbonyl (C=O) groups is 2. The highest BCUT2D eigenvalue weighted by atomic mass is 32.1. The lowest BCUT2D eigenvalue weighted by molar-refractivity contribution is -0.137. The first kappa shape index (κ1) is 26.0. The summed E-state index contributed by atoms with van der Waals surface area (Å²) in [6.45, 7) is 4.48. The number of alkyl halides is 3. The van der Waals surface area contributed by atoms with Crippen LogP contribution in [-0.4, -0.2) is 64.9 Å². The number of halogens is 3. The number of amides is 2. The molecule has 0 radical (unpaired) electrons. The number of aromatic nitrogens is 1. The summed E-state index contributed by atoms with van der Waals surface area (Å²) in [6.07, 6.45) is -1.86. The number of carbonyl (C=O) groups excluding carboxylic acids is 2. The monoisotopic (exact) mass is 570 g/mol. The smallest absolute Gasteiger partial charge is 0.335 e. The third-order valence-electron chi connectivity index (χ3n) is 7.41. The topological polar surface area (TPSA) is 65.5 Å². The maximum atomic E-state index is 13.3. The van der Waals surface area contributed by atoms with Crippen molar-refractivity contribution in [2.45, 2.75) is 31.6 Å². The molecule has 1 atom stereocenters.